The van der Waals surface area contributed by atoms with Gasteiger partial charge in [-0.1, -0.05) is 26.0 Å². The minimum Gasteiger partial charge on any atom is -0.389 e. The molecule has 96 valence electrons. The molecule has 3 heteroatoms. The number of benzene rings is 1. The number of rotatable bonds is 7. The number of anilines is 1. The summed E-state index contributed by atoms with van der Waals surface area (Å²) in [6.07, 6.45) is -0.461. The number of aliphatic hydroxyl groups is 1. The molecule has 1 atom stereocenters. The van der Waals surface area contributed by atoms with E-state index in [0.717, 1.165) is 5.69 Å². The standard InChI is InChI=1S/C14H23NO2/c1-4-17-10-14(16)9-15-13-7-5-6-12(8-13)11(2)3/h5-8,11,14-16H,4,9-10H2,1-3H3. The Morgan fingerprint density at radius 2 is 2.12 bits per heavy atom. The quantitative estimate of drug-likeness (QED) is 0.766. The van der Waals surface area contributed by atoms with E-state index in [4.69, 9.17) is 4.74 Å². The van der Waals surface area contributed by atoms with Crippen LogP contribution >= 0.6 is 0 Å². The van der Waals surface area contributed by atoms with Gasteiger partial charge in [-0.25, -0.2) is 0 Å². The Labute approximate surface area is 104 Å². The molecule has 0 radical (unpaired) electrons. The van der Waals surface area contributed by atoms with E-state index in [-0.39, 0.29) is 0 Å². The van der Waals surface area contributed by atoms with Crippen LogP contribution in [0.3, 0.4) is 0 Å². The molecule has 0 heterocycles. The van der Waals surface area contributed by atoms with Crippen LogP contribution in [0.5, 0.6) is 0 Å². The highest BCUT2D eigenvalue weighted by atomic mass is 16.5. The summed E-state index contributed by atoms with van der Waals surface area (Å²) in [7, 11) is 0. The first-order valence-electron chi connectivity index (χ1n) is 6.23. The first-order chi connectivity index (χ1) is 8.13. The number of ether oxygens (including phenoxy) is 1. The average molecular weight is 237 g/mol. The Kier molecular flexibility index (Phi) is 6.01. The maximum atomic E-state index is 9.63. The smallest absolute Gasteiger partial charge is 0.0945 e. The fourth-order valence-corrected chi connectivity index (χ4v) is 1.56. The molecule has 0 aliphatic carbocycles. The fraction of sp³-hybridized carbons (Fsp3) is 0.571. The molecule has 2 N–H and O–H groups in total. The van der Waals surface area contributed by atoms with Gasteiger partial charge in [-0.05, 0) is 30.5 Å². The molecule has 0 aliphatic heterocycles. The van der Waals surface area contributed by atoms with E-state index in [0.29, 0.717) is 25.7 Å². The van der Waals surface area contributed by atoms with Crippen molar-refractivity contribution < 1.29 is 9.84 Å². The molecular formula is C14H23NO2. The van der Waals surface area contributed by atoms with Gasteiger partial charge < -0.3 is 15.2 Å². The van der Waals surface area contributed by atoms with Crippen molar-refractivity contribution in [1.29, 1.82) is 0 Å². The highest BCUT2D eigenvalue weighted by molar-refractivity contribution is 5.46. The highest BCUT2D eigenvalue weighted by Crippen LogP contribution is 2.18. The Hall–Kier alpha value is -1.06. The van der Waals surface area contributed by atoms with E-state index in [1.54, 1.807) is 0 Å². The minimum absolute atomic E-state index is 0.382. The minimum atomic E-state index is -0.461. The van der Waals surface area contributed by atoms with Crippen molar-refractivity contribution in [2.24, 2.45) is 0 Å². The molecule has 1 aromatic rings. The third kappa shape index (κ3) is 5.20. The summed E-state index contributed by atoms with van der Waals surface area (Å²) in [5, 5.41) is 12.9. The van der Waals surface area contributed by atoms with Gasteiger partial charge in [-0.15, -0.1) is 0 Å². The Morgan fingerprint density at radius 3 is 2.76 bits per heavy atom. The van der Waals surface area contributed by atoms with Crippen LogP contribution in [0.4, 0.5) is 5.69 Å². The van der Waals surface area contributed by atoms with E-state index < -0.39 is 6.10 Å². The van der Waals surface area contributed by atoms with Crippen LogP contribution in [0.15, 0.2) is 24.3 Å². The molecule has 0 fully saturated rings. The van der Waals surface area contributed by atoms with Gasteiger partial charge in [-0.3, -0.25) is 0 Å². The average Bonchev–Trinajstić information content (AvgIpc) is 2.34. The van der Waals surface area contributed by atoms with Gasteiger partial charge in [0.15, 0.2) is 0 Å². The first-order valence-corrected chi connectivity index (χ1v) is 6.23. The summed E-state index contributed by atoms with van der Waals surface area (Å²) in [6.45, 7) is 7.80. The van der Waals surface area contributed by atoms with Crippen molar-refractivity contribution >= 4 is 5.69 Å². The van der Waals surface area contributed by atoms with Crippen molar-refractivity contribution in [2.75, 3.05) is 25.1 Å². The second kappa shape index (κ2) is 7.30. The predicted octanol–water partition coefficient (Wildman–Crippen LogP) is 2.62. The SMILES string of the molecule is CCOCC(O)CNc1cccc(C(C)C)c1. The van der Waals surface area contributed by atoms with Crippen molar-refractivity contribution in [2.45, 2.75) is 32.8 Å². The van der Waals surface area contributed by atoms with E-state index in [2.05, 4.69) is 31.3 Å². The molecule has 3 nitrogen and oxygen atoms in total. The lowest BCUT2D eigenvalue weighted by Gasteiger charge is -2.14. The highest BCUT2D eigenvalue weighted by Gasteiger charge is 2.04. The van der Waals surface area contributed by atoms with Gasteiger partial charge in [0.1, 0.15) is 0 Å². The normalized spacial score (nSPS) is 12.8. The Bertz CT molecular complexity index is 326. The number of aliphatic hydroxyl groups excluding tert-OH is 1. The number of hydrogen-bond acceptors (Lipinski definition) is 3. The van der Waals surface area contributed by atoms with Gasteiger partial charge >= 0.3 is 0 Å². The fourth-order valence-electron chi connectivity index (χ4n) is 1.56. The molecule has 17 heavy (non-hydrogen) atoms. The molecule has 1 unspecified atom stereocenters. The lowest BCUT2D eigenvalue weighted by molar-refractivity contribution is 0.0496. The molecular weight excluding hydrogens is 214 g/mol. The van der Waals surface area contributed by atoms with Crippen molar-refractivity contribution in [3.05, 3.63) is 29.8 Å². The topological polar surface area (TPSA) is 41.5 Å². The van der Waals surface area contributed by atoms with Crippen molar-refractivity contribution in [3.8, 4) is 0 Å². The molecule has 0 bridgehead atoms. The van der Waals surface area contributed by atoms with E-state index >= 15 is 0 Å². The number of nitrogens with one attached hydrogen (secondary N) is 1. The largest absolute Gasteiger partial charge is 0.389 e. The second-order valence-corrected chi connectivity index (χ2v) is 4.47. The zero-order valence-corrected chi connectivity index (χ0v) is 10.9. The summed E-state index contributed by atoms with van der Waals surface area (Å²) in [4.78, 5) is 0. The maximum Gasteiger partial charge on any atom is 0.0945 e. The third-order valence-corrected chi connectivity index (χ3v) is 2.61. The lowest BCUT2D eigenvalue weighted by atomic mass is 10.0. The van der Waals surface area contributed by atoms with Crippen LogP contribution in [0.2, 0.25) is 0 Å². The zero-order valence-electron chi connectivity index (χ0n) is 10.9. The lowest BCUT2D eigenvalue weighted by Crippen LogP contribution is -2.24. The van der Waals surface area contributed by atoms with Crippen LogP contribution in [0.1, 0.15) is 32.3 Å². The van der Waals surface area contributed by atoms with Gasteiger partial charge in [0.05, 0.1) is 12.7 Å². The molecule has 0 saturated carbocycles. The first kappa shape index (κ1) is 14.0. The second-order valence-electron chi connectivity index (χ2n) is 4.47. The Balaban J connectivity index is 2.43. The summed E-state index contributed by atoms with van der Waals surface area (Å²) < 4.78 is 5.16. The van der Waals surface area contributed by atoms with Gasteiger partial charge in [-0.2, -0.15) is 0 Å². The van der Waals surface area contributed by atoms with Gasteiger partial charge in [0.25, 0.3) is 0 Å². The van der Waals surface area contributed by atoms with Gasteiger partial charge in [0, 0.05) is 18.8 Å². The summed E-state index contributed by atoms with van der Waals surface area (Å²) in [6, 6.07) is 8.29. The monoisotopic (exact) mass is 237 g/mol. The van der Waals surface area contributed by atoms with Crippen molar-refractivity contribution in [3.63, 3.8) is 0 Å². The molecule has 1 rings (SSSR count). The van der Waals surface area contributed by atoms with E-state index in [9.17, 15) is 5.11 Å². The summed E-state index contributed by atoms with van der Waals surface area (Å²) in [5.74, 6) is 0.519. The zero-order chi connectivity index (χ0) is 12.7. The summed E-state index contributed by atoms with van der Waals surface area (Å²) in [5.41, 5.74) is 2.35. The summed E-state index contributed by atoms with van der Waals surface area (Å²) >= 11 is 0. The molecule has 0 spiro atoms. The van der Waals surface area contributed by atoms with Crippen molar-refractivity contribution in [1.82, 2.24) is 0 Å². The van der Waals surface area contributed by atoms with E-state index in [1.807, 2.05) is 19.1 Å². The van der Waals surface area contributed by atoms with Crippen LogP contribution < -0.4 is 5.32 Å². The molecule has 0 aromatic heterocycles. The van der Waals surface area contributed by atoms with Crippen LogP contribution in [-0.2, 0) is 4.74 Å². The van der Waals surface area contributed by atoms with Crippen LogP contribution in [0.25, 0.3) is 0 Å². The Morgan fingerprint density at radius 1 is 1.35 bits per heavy atom. The van der Waals surface area contributed by atoms with Crippen LogP contribution in [0, 0.1) is 0 Å². The predicted molar refractivity (Wildman–Crippen MR) is 71.5 cm³/mol. The van der Waals surface area contributed by atoms with E-state index in [1.165, 1.54) is 5.56 Å². The van der Waals surface area contributed by atoms with Gasteiger partial charge in [0.2, 0.25) is 0 Å². The molecule has 0 saturated heterocycles. The number of hydrogen-bond donors (Lipinski definition) is 2. The van der Waals surface area contributed by atoms with Crippen LogP contribution in [-0.4, -0.2) is 31.0 Å². The molecule has 0 aliphatic rings. The molecule has 1 aromatic carbocycles. The maximum absolute atomic E-state index is 9.63. The third-order valence-electron chi connectivity index (χ3n) is 2.61. The molecule has 0 amide bonds.